The van der Waals surface area contributed by atoms with E-state index < -0.39 is 11.8 Å². The summed E-state index contributed by atoms with van der Waals surface area (Å²) in [5, 5.41) is 5.81. The minimum absolute atomic E-state index is 0.159. The molecule has 5 nitrogen and oxygen atoms in total. The number of anilines is 2. The van der Waals surface area contributed by atoms with E-state index in [2.05, 4.69) is 10.6 Å². The summed E-state index contributed by atoms with van der Waals surface area (Å²) in [7, 11) is 0. The maximum atomic E-state index is 13.3. The maximum Gasteiger partial charge on any atom is 0.319 e. The van der Waals surface area contributed by atoms with Crippen LogP contribution in [-0.2, 0) is 4.79 Å². The number of urea groups is 1. The molecule has 2 aromatic rings. The fraction of sp³-hybridized carbons (Fsp3) is 0.176. The van der Waals surface area contributed by atoms with Crippen molar-refractivity contribution in [2.24, 2.45) is 0 Å². The van der Waals surface area contributed by atoms with E-state index in [-0.39, 0.29) is 24.9 Å². The molecule has 3 amide bonds. The number of amides is 3. The molecule has 1 aliphatic heterocycles. The molecule has 0 aromatic heterocycles. The van der Waals surface area contributed by atoms with Crippen molar-refractivity contribution in [3.8, 4) is 0 Å². The first kappa shape index (κ1) is 16.3. The fourth-order valence-corrected chi connectivity index (χ4v) is 2.79. The Kier molecular flexibility index (Phi) is 4.66. The highest BCUT2D eigenvalue weighted by Gasteiger charge is 2.31. The van der Waals surface area contributed by atoms with Crippen LogP contribution in [0.2, 0.25) is 5.02 Å². The number of nitrogens with zero attached hydrogens (tertiary/aromatic N) is 1. The molecule has 0 saturated carbocycles. The lowest BCUT2D eigenvalue weighted by molar-refractivity contribution is -0.117. The molecular weight excluding hydrogens is 333 g/mol. The van der Waals surface area contributed by atoms with Gasteiger partial charge in [-0.15, -0.1) is 0 Å². The van der Waals surface area contributed by atoms with E-state index in [9.17, 15) is 14.0 Å². The van der Waals surface area contributed by atoms with E-state index in [0.29, 0.717) is 16.4 Å². The Balaban J connectivity index is 1.62. The van der Waals surface area contributed by atoms with E-state index in [1.54, 1.807) is 36.4 Å². The minimum Gasteiger partial charge on any atom is -0.333 e. The van der Waals surface area contributed by atoms with Crippen LogP contribution >= 0.6 is 11.6 Å². The Hall–Kier alpha value is -2.60. The molecule has 0 unspecified atom stereocenters. The second-order valence-electron chi connectivity index (χ2n) is 5.46. The van der Waals surface area contributed by atoms with Gasteiger partial charge in [-0.1, -0.05) is 29.8 Å². The Morgan fingerprint density at radius 1 is 1.21 bits per heavy atom. The average molecular weight is 348 g/mol. The van der Waals surface area contributed by atoms with Crippen LogP contribution in [0.25, 0.3) is 0 Å². The number of benzene rings is 2. The van der Waals surface area contributed by atoms with Gasteiger partial charge in [-0.05, 0) is 30.3 Å². The molecule has 2 aromatic carbocycles. The first-order chi connectivity index (χ1) is 11.5. The maximum absolute atomic E-state index is 13.3. The first-order valence-electron chi connectivity index (χ1n) is 7.41. The van der Waals surface area contributed by atoms with Crippen LogP contribution in [0.5, 0.6) is 0 Å². The van der Waals surface area contributed by atoms with Gasteiger partial charge in [0.05, 0.1) is 16.8 Å². The molecule has 0 aliphatic carbocycles. The van der Waals surface area contributed by atoms with Crippen LogP contribution in [-0.4, -0.2) is 24.5 Å². The summed E-state index contributed by atoms with van der Waals surface area (Å²) in [6.45, 7) is 0.290. The summed E-state index contributed by atoms with van der Waals surface area (Å²) >= 11 is 5.99. The summed E-state index contributed by atoms with van der Waals surface area (Å²) < 4.78 is 13.3. The normalized spacial score (nSPS) is 17.0. The van der Waals surface area contributed by atoms with Gasteiger partial charge in [-0.25, -0.2) is 9.18 Å². The Labute approximate surface area is 143 Å². The van der Waals surface area contributed by atoms with Gasteiger partial charge >= 0.3 is 6.03 Å². The van der Waals surface area contributed by atoms with Gasteiger partial charge in [0.25, 0.3) is 0 Å². The van der Waals surface area contributed by atoms with Crippen LogP contribution in [0, 0.1) is 5.82 Å². The number of hydrogen-bond acceptors (Lipinski definition) is 2. The predicted molar refractivity (Wildman–Crippen MR) is 90.8 cm³/mol. The van der Waals surface area contributed by atoms with Crippen molar-refractivity contribution in [3.05, 3.63) is 59.4 Å². The van der Waals surface area contributed by atoms with E-state index in [4.69, 9.17) is 11.6 Å². The second-order valence-corrected chi connectivity index (χ2v) is 5.87. The molecule has 2 N–H and O–H groups in total. The number of nitrogens with one attached hydrogen (secondary N) is 2. The topological polar surface area (TPSA) is 61.4 Å². The fourth-order valence-electron chi connectivity index (χ4n) is 2.60. The zero-order valence-electron chi connectivity index (χ0n) is 12.6. The van der Waals surface area contributed by atoms with Crippen molar-refractivity contribution in [3.63, 3.8) is 0 Å². The van der Waals surface area contributed by atoms with Crippen LogP contribution < -0.4 is 15.5 Å². The zero-order chi connectivity index (χ0) is 17.1. The third kappa shape index (κ3) is 3.65. The lowest BCUT2D eigenvalue weighted by atomic mass is 10.2. The van der Waals surface area contributed by atoms with Gasteiger partial charge in [0.15, 0.2) is 0 Å². The van der Waals surface area contributed by atoms with Crippen molar-refractivity contribution < 1.29 is 14.0 Å². The number of carbonyl (C=O) groups excluding carboxylic acids is 2. The van der Waals surface area contributed by atoms with E-state index in [1.807, 2.05) is 0 Å². The molecule has 1 fully saturated rings. The summed E-state index contributed by atoms with van der Waals surface area (Å²) in [6, 6.07) is 11.9. The van der Waals surface area contributed by atoms with Crippen molar-refractivity contribution in [2.75, 3.05) is 16.8 Å². The molecule has 1 saturated heterocycles. The summed E-state index contributed by atoms with van der Waals surface area (Å²) in [6.07, 6.45) is 0.159. The SMILES string of the molecule is O=C(Nc1ccccc1Cl)N[C@H]1CC(=O)N(c2cccc(F)c2)C1. The molecule has 124 valence electrons. The van der Waals surface area contributed by atoms with Gasteiger partial charge < -0.3 is 15.5 Å². The van der Waals surface area contributed by atoms with E-state index in [1.165, 1.54) is 17.0 Å². The molecule has 0 bridgehead atoms. The molecular formula is C17H15ClFN3O2. The Morgan fingerprint density at radius 2 is 2.00 bits per heavy atom. The summed E-state index contributed by atoms with van der Waals surface area (Å²) in [4.78, 5) is 25.6. The smallest absolute Gasteiger partial charge is 0.319 e. The largest absolute Gasteiger partial charge is 0.333 e. The van der Waals surface area contributed by atoms with Crippen LogP contribution in [0.1, 0.15) is 6.42 Å². The Bertz CT molecular complexity index is 784. The third-order valence-corrected chi connectivity index (χ3v) is 4.03. The third-order valence-electron chi connectivity index (χ3n) is 3.70. The van der Waals surface area contributed by atoms with E-state index in [0.717, 1.165) is 0 Å². The molecule has 1 atom stereocenters. The average Bonchev–Trinajstić information content (AvgIpc) is 2.90. The van der Waals surface area contributed by atoms with Crippen molar-refractivity contribution in [1.82, 2.24) is 5.32 Å². The molecule has 0 spiro atoms. The summed E-state index contributed by atoms with van der Waals surface area (Å²) in [5.41, 5.74) is 0.971. The van der Waals surface area contributed by atoms with Gasteiger partial charge in [0.2, 0.25) is 5.91 Å². The van der Waals surface area contributed by atoms with Crippen molar-refractivity contribution in [1.29, 1.82) is 0 Å². The van der Waals surface area contributed by atoms with Crippen molar-refractivity contribution in [2.45, 2.75) is 12.5 Å². The summed E-state index contributed by atoms with van der Waals surface area (Å²) in [5.74, 6) is -0.572. The number of rotatable bonds is 3. The predicted octanol–water partition coefficient (Wildman–Crippen LogP) is 3.41. The quantitative estimate of drug-likeness (QED) is 0.893. The monoisotopic (exact) mass is 347 g/mol. The lowest BCUT2D eigenvalue weighted by Crippen LogP contribution is -2.39. The second kappa shape index (κ2) is 6.88. The number of para-hydroxylation sites is 1. The number of hydrogen-bond donors (Lipinski definition) is 2. The molecule has 1 aliphatic rings. The molecule has 7 heteroatoms. The van der Waals surface area contributed by atoms with Gasteiger partial charge in [0, 0.05) is 18.7 Å². The van der Waals surface area contributed by atoms with Gasteiger partial charge in [0.1, 0.15) is 5.82 Å². The van der Waals surface area contributed by atoms with Gasteiger partial charge in [-0.3, -0.25) is 4.79 Å². The Morgan fingerprint density at radius 3 is 2.75 bits per heavy atom. The van der Waals surface area contributed by atoms with E-state index >= 15 is 0 Å². The van der Waals surface area contributed by atoms with Crippen LogP contribution in [0.3, 0.4) is 0 Å². The lowest BCUT2D eigenvalue weighted by Gasteiger charge is -2.17. The number of halogens is 2. The molecule has 24 heavy (non-hydrogen) atoms. The van der Waals surface area contributed by atoms with Crippen LogP contribution in [0.4, 0.5) is 20.6 Å². The minimum atomic E-state index is -0.443. The highest BCUT2D eigenvalue weighted by atomic mass is 35.5. The highest BCUT2D eigenvalue weighted by Crippen LogP contribution is 2.23. The van der Waals surface area contributed by atoms with Gasteiger partial charge in [-0.2, -0.15) is 0 Å². The first-order valence-corrected chi connectivity index (χ1v) is 7.79. The van der Waals surface area contributed by atoms with Crippen molar-refractivity contribution >= 4 is 34.9 Å². The highest BCUT2D eigenvalue weighted by molar-refractivity contribution is 6.33. The standard InChI is InChI=1S/C17H15ClFN3O2/c18-14-6-1-2-7-15(14)21-17(24)20-12-9-16(23)22(10-12)13-5-3-4-11(19)8-13/h1-8,12H,9-10H2,(H2,20,21,24)/t12-/m0/s1. The number of carbonyl (C=O) groups is 2. The molecule has 3 rings (SSSR count). The molecule has 0 radical (unpaired) electrons. The zero-order valence-corrected chi connectivity index (χ0v) is 13.4. The van der Waals surface area contributed by atoms with Crippen LogP contribution in [0.15, 0.2) is 48.5 Å². The molecule has 1 heterocycles.